The lowest BCUT2D eigenvalue weighted by molar-refractivity contribution is -0.138. The van der Waals surface area contributed by atoms with Gasteiger partial charge in [0.1, 0.15) is 18.1 Å². The van der Waals surface area contributed by atoms with E-state index in [0.717, 1.165) is 19.0 Å². The molecule has 7 heteroatoms. The Balaban J connectivity index is 2.12. The lowest BCUT2D eigenvalue weighted by Crippen LogP contribution is -2.40. The molecule has 0 saturated carbocycles. The molecular weight excluding hydrogens is 336 g/mol. The number of benzene rings is 1. The van der Waals surface area contributed by atoms with E-state index in [1.807, 2.05) is 18.2 Å². The Labute approximate surface area is 153 Å². The van der Waals surface area contributed by atoms with E-state index in [2.05, 4.69) is 22.0 Å². The molecule has 0 spiro atoms. The first-order valence-electron chi connectivity index (χ1n) is 8.62. The van der Waals surface area contributed by atoms with Gasteiger partial charge in [0.25, 0.3) is 0 Å². The summed E-state index contributed by atoms with van der Waals surface area (Å²) in [6, 6.07) is 7.62. The van der Waals surface area contributed by atoms with Crippen LogP contribution in [0.5, 0.6) is 5.75 Å². The quantitative estimate of drug-likeness (QED) is 0.588. The fourth-order valence-electron chi connectivity index (χ4n) is 2.81. The standard InChI is InChI=1S/C19H26N2O5/c1-21-11-7-6-8-14(21)13-26-17-10-5-4-9-15(17)20-16(19(23)25-3)12-18(22)24-2/h4-5,9-10,12,14,20H,6-8,11,13H2,1-3H3/b16-12+. The van der Waals surface area contributed by atoms with Crippen molar-refractivity contribution in [1.82, 2.24) is 4.90 Å². The second kappa shape index (κ2) is 9.82. The van der Waals surface area contributed by atoms with Crippen molar-refractivity contribution in [3.8, 4) is 5.75 Å². The Morgan fingerprint density at radius 1 is 1.23 bits per heavy atom. The minimum absolute atomic E-state index is 0.0230. The van der Waals surface area contributed by atoms with Crippen LogP contribution in [0, 0.1) is 0 Å². The Kier molecular flexibility index (Phi) is 7.47. The second-order valence-corrected chi connectivity index (χ2v) is 6.14. The summed E-state index contributed by atoms with van der Waals surface area (Å²) in [4.78, 5) is 25.7. The van der Waals surface area contributed by atoms with Crippen LogP contribution in [0.25, 0.3) is 0 Å². The molecule has 1 atom stereocenters. The van der Waals surface area contributed by atoms with Gasteiger partial charge in [0.2, 0.25) is 0 Å². The van der Waals surface area contributed by atoms with Crippen molar-refractivity contribution >= 4 is 17.6 Å². The van der Waals surface area contributed by atoms with E-state index in [-0.39, 0.29) is 5.70 Å². The smallest absolute Gasteiger partial charge is 0.354 e. The van der Waals surface area contributed by atoms with Crippen molar-refractivity contribution in [3.63, 3.8) is 0 Å². The molecule has 1 saturated heterocycles. The van der Waals surface area contributed by atoms with Crippen molar-refractivity contribution < 1.29 is 23.8 Å². The summed E-state index contributed by atoms with van der Waals surface area (Å²) >= 11 is 0. The summed E-state index contributed by atoms with van der Waals surface area (Å²) in [6.45, 7) is 1.63. The third-order valence-electron chi connectivity index (χ3n) is 4.38. The predicted octanol–water partition coefficient (Wildman–Crippen LogP) is 2.19. The molecule has 1 aromatic rings. The maximum atomic E-state index is 11.9. The molecule has 1 unspecified atom stereocenters. The highest BCUT2D eigenvalue weighted by molar-refractivity contribution is 5.99. The molecule has 0 bridgehead atoms. The number of ether oxygens (including phenoxy) is 3. The van der Waals surface area contributed by atoms with Gasteiger partial charge in [-0.25, -0.2) is 9.59 Å². The highest BCUT2D eigenvalue weighted by atomic mass is 16.5. The summed E-state index contributed by atoms with van der Waals surface area (Å²) in [5, 5.41) is 2.91. The SMILES string of the molecule is COC(=O)/C=C(/Nc1ccccc1OCC1CCCCN1C)C(=O)OC. The molecule has 0 aromatic heterocycles. The van der Waals surface area contributed by atoms with Crippen LogP contribution in [0.4, 0.5) is 5.69 Å². The van der Waals surface area contributed by atoms with Crippen molar-refractivity contribution in [3.05, 3.63) is 36.0 Å². The van der Waals surface area contributed by atoms with E-state index in [9.17, 15) is 9.59 Å². The third kappa shape index (κ3) is 5.49. The molecule has 26 heavy (non-hydrogen) atoms. The number of methoxy groups -OCH3 is 2. The third-order valence-corrected chi connectivity index (χ3v) is 4.38. The molecule has 0 radical (unpaired) electrons. The van der Waals surface area contributed by atoms with E-state index in [4.69, 9.17) is 9.47 Å². The molecule has 2 rings (SSSR count). The van der Waals surface area contributed by atoms with Gasteiger partial charge in [0.15, 0.2) is 0 Å². The summed E-state index contributed by atoms with van der Waals surface area (Å²) in [5.41, 5.74) is 0.553. The Bertz CT molecular complexity index is 659. The normalized spacial score (nSPS) is 18.1. The maximum Gasteiger partial charge on any atom is 0.354 e. The molecule has 0 aliphatic carbocycles. The lowest BCUT2D eigenvalue weighted by atomic mass is 10.0. The van der Waals surface area contributed by atoms with Gasteiger partial charge in [0, 0.05) is 6.04 Å². The zero-order valence-corrected chi connectivity index (χ0v) is 15.5. The number of carbonyl (C=O) groups is 2. The molecule has 1 fully saturated rings. The number of carbonyl (C=O) groups excluding carboxylic acids is 2. The van der Waals surface area contributed by atoms with Crippen molar-refractivity contribution in [2.75, 3.05) is 39.7 Å². The summed E-state index contributed by atoms with van der Waals surface area (Å²) in [5.74, 6) is -0.719. The van der Waals surface area contributed by atoms with Crippen LogP contribution in [-0.2, 0) is 19.1 Å². The molecule has 1 heterocycles. The number of anilines is 1. The van der Waals surface area contributed by atoms with Crippen LogP contribution < -0.4 is 10.1 Å². The monoisotopic (exact) mass is 362 g/mol. The number of nitrogens with one attached hydrogen (secondary N) is 1. The number of nitrogens with zero attached hydrogens (tertiary/aromatic N) is 1. The lowest BCUT2D eigenvalue weighted by Gasteiger charge is -2.32. The van der Waals surface area contributed by atoms with E-state index in [1.165, 1.54) is 27.1 Å². The number of hydrogen-bond donors (Lipinski definition) is 1. The predicted molar refractivity (Wildman–Crippen MR) is 97.9 cm³/mol. The molecular formula is C19H26N2O5. The fraction of sp³-hybridized carbons (Fsp3) is 0.474. The van der Waals surface area contributed by atoms with Gasteiger partial charge < -0.3 is 24.4 Å². The minimum atomic E-state index is -0.669. The Hall–Kier alpha value is -2.54. The number of likely N-dealkylation sites (tertiary alicyclic amines) is 1. The molecule has 142 valence electrons. The van der Waals surface area contributed by atoms with Crippen LogP contribution in [0.3, 0.4) is 0 Å². The van der Waals surface area contributed by atoms with E-state index >= 15 is 0 Å². The summed E-state index contributed by atoms with van der Waals surface area (Å²) in [7, 11) is 4.59. The van der Waals surface area contributed by atoms with Gasteiger partial charge in [-0.2, -0.15) is 0 Å². The minimum Gasteiger partial charge on any atom is -0.490 e. The van der Waals surface area contributed by atoms with Crippen LogP contribution in [0.1, 0.15) is 19.3 Å². The van der Waals surface area contributed by atoms with Gasteiger partial charge in [-0.3, -0.25) is 0 Å². The van der Waals surface area contributed by atoms with Gasteiger partial charge in [-0.05, 0) is 38.6 Å². The Morgan fingerprint density at radius 3 is 2.69 bits per heavy atom. The van der Waals surface area contributed by atoms with Gasteiger partial charge in [-0.15, -0.1) is 0 Å². The Morgan fingerprint density at radius 2 is 2.00 bits per heavy atom. The number of esters is 2. The topological polar surface area (TPSA) is 77.1 Å². The summed E-state index contributed by atoms with van der Waals surface area (Å²) in [6.07, 6.45) is 4.57. The van der Waals surface area contributed by atoms with Crippen molar-refractivity contribution in [2.24, 2.45) is 0 Å². The molecule has 0 amide bonds. The second-order valence-electron chi connectivity index (χ2n) is 6.14. The number of piperidine rings is 1. The van der Waals surface area contributed by atoms with Crippen LogP contribution >= 0.6 is 0 Å². The van der Waals surface area contributed by atoms with E-state index in [0.29, 0.717) is 24.1 Å². The van der Waals surface area contributed by atoms with Gasteiger partial charge >= 0.3 is 11.9 Å². The zero-order chi connectivity index (χ0) is 18.9. The largest absolute Gasteiger partial charge is 0.490 e. The van der Waals surface area contributed by atoms with Crippen LogP contribution in [-0.4, -0.2) is 57.3 Å². The van der Waals surface area contributed by atoms with Gasteiger partial charge in [-0.1, -0.05) is 18.6 Å². The van der Waals surface area contributed by atoms with E-state index < -0.39 is 11.9 Å². The first kappa shape index (κ1) is 19.8. The molecule has 7 nitrogen and oxygen atoms in total. The molecule has 1 N–H and O–H groups in total. The molecule has 1 aliphatic heterocycles. The number of para-hydroxylation sites is 2. The summed E-state index contributed by atoms with van der Waals surface area (Å²) < 4.78 is 15.3. The highest BCUT2D eigenvalue weighted by Gasteiger charge is 2.20. The van der Waals surface area contributed by atoms with Crippen molar-refractivity contribution in [2.45, 2.75) is 25.3 Å². The average Bonchev–Trinajstić information content (AvgIpc) is 2.67. The molecule has 1 aliphatic rings. The zero-order valence-electron chi connectivity index (χ0n) is 15.5. The van der Waals surface area contributed by atoms with E-state index in [1.54, 1.807) is 6.07 Å². The molecule has 1 aromatic carbocycles. The maximum absolute atomic E-state index is 11.9. The van der Waals surface area contributed by atoms with Crippen LogP contribution in [0.2, 0.25) is 0 Å². The first-order chi connectivity index (χ1) is 12.5. The average molecular weight is 362 g/mol. The van der Waals surface area contributed by atoms with Crippen LogP contribution in [0.15, 0.2) is 36.0 Å². The highest BCUT2D eigenvalue weighted by Crippen LogP contribution is 2.26. The number of hydrogen-bond acceptors (Lipinski definition) is 7. The number of rotatable bonds is 7. The van der Waals surface area contributed by atoms with Gasteiger partial charge in [0.05, 0.1) is 26.0 Å². The first-order valence-corrected chi connectivity index (χ1v) is 8.62. The van der Waals surface area contributed by atoms with Crippen molar-refractivity contribution in [1.29, 1.82) is 0 Å². The fourth-order valence-corrected chi connectivity index (χ4v) is 2.81. The number of likely N-dealkylation sites (N-methyl/N-ethyl adjacent to an activating group) is 1.